The van der Waals surface area contributed by atoms with E-state index < -0.39 is 5.60 Å². The monoisotopic (exact) mass is 450 g/mol. The van der Waals surface area contributed by atoms with Gasteiger partial charge >= 0.3 is 22.7 Å². The molecule has 2 heterocycles. The van der Waals surface area contributed by atoms with Crippen molar-refractivity contribution in [2.75, 3.05) is 24.3 Å². The first kappa shape index (κ1) is 23.0. The molecule has 0 unspecified atom stereocenters. The second-order valence-electron chi connectivity index (χ2n) is 10.0. The van der Waals surface area contributed by atoms with Gasteiger partial charge in [0.15, 0.2) is 0 Å². The molecule has 0 saturated heterocycles. The normalized spacial score (nSPS) is 21.7. The Morgan fingerprint density at radius 2 is 1.94 bits per heavy atom. The summed E-state index contributed by atoms with van der Waals surface area (Å²) < 4.78 is 5.85. The van der Waals surface area contributed by atoms with Crippen LogP contribution in [0.3, 0.4) is 0 Å². The summed E-state index contributed by atoms with van der Waals surface area (Å²) in [6.07, 6.45) is 5.50. The average molecular weight is 451 g/mol. The van der Waals surface area contributed by atoms with Gasteiger partial charge in [0.25, 0.3) is 0 Å². The lowest BCUT2D eigenvalue weighted by molar-refractivity contribution is -0.911. The van der Waals surface area contributed by atoms with E-state index in [0.29, 0.717) is 17.3 Å². The third kappa shape index (κ3) is 4.65. The van der Waals surface area contributed by atoms with E-state index >= 15 is 0 Å². The van der Waals surface area contributed by atoms with Crippen LogP contribution in [0.4, 0.5) is 11.4 Å². The SMILES string of the molecule is CC(C)c1cccc(C(=O)Nc2cc3c(cc2N(C)C)=[N+]=C([C@H]2CC[C@](C)(O)CC2)C=3)[n+]1O. The van der Waals surface area contributed by atoms with Gasteiger partial charge < -0.3 is 15.3 Å². The fourth-order valence-corrected chi connectivity index (χ4v) is 4.67. The summed E-state index contributed by atoms with van der Waals surface area (Å²) in [4.78, 5) is 15.0. The molecule has 1 amide bonds. The highest BCUT2D eigenvalue weighted by Crippen LogP contribution is 2.32. The number of rotatable bonds is 5. The third-order valence-corrected chi connectivity index (χ3v) is 6.73. The standard InChI is InChI=1S/C26H33N4O3/c1-16(2)22-7-6-8-23(30(22)33)25(31)28-21-14-18-13-19(17-9-11-26(3,32)12-10-17)27-20(18)15-24(21)29(4)5/h6-8,13-17,32H,9-12H2,1-5H3,(H,31,33)/q+1/p+1/t17-,26-. The van der Waals surface area contributed by atoms with E-state index in [9.17, 15) is 15.1 Å². The van der Waals surface area contributed by atoms with Crippen molar-refractivity contribution in [3.05, 3.63) is 52.3 Å². The topological polar surface area (TPSA) is 90.8 Å². The number of pyridine rings is 1. The molecule has 3 N–H and O–H groups in total. The predicted molar refractivity (Wildman–Crippen MR) is 129 cm³/mol. The lowest BCUT2D eigenvalue weighted by atomic mass is 9.78. The second-order valence-corrected chi connectivity index (χ2v) is 10.0. The van der Waals surface area contributed by atoms with Gasteiger partial charge in [-0.3, -0.25) is 10.0 Å². The minimum atomic E-state index is -0.575. The molecule has 174 valence electrons. The van der Waals surface area contributed by atoms with Crippen LogP contribution < -0.4 is 30.2 Å². The van der Waals surface area contributed by atoms with Crippen molar-refractivity contribution >= 4 is 29.1 Å². The molecule has 0 spiro atoms. The van der Waals surface area contributed by atoms with E-state index in [2.05, 4.69) is 11.4 Å². The Bertz CT molecular complexity index is 1250. The molecule has 2 aliphatic rings. The summed E-state index contributed by atoms with van der Waals surface area (Å²) in [5.74, 6) is 0.0380. The number of nitrogens with zero attached hydrogens (tertiary/aromatic N) is 3. The van der Waals surface area contributed by atoms with Crippen molar-refractivity contribution in [1.29, 1.82) is 0 Å². The van der Waals surface area contributed by atoms with Crippen LogP contribution in [0.5, 0.6) is 0 Å². The number of carbonyl (C=O) groups is 1. The van der Waals surface area contributed by atoms with Crippen molar-refractivity contribution < 1.29 is 19.8 Å². The van der Waals surface area contributed by atoms with Gasteiger partial charge in [-0.15, -0.1) is 0 Å². The van der Waals surface area contributed by atoms with Crippen LogP contribution >= 0.6 is 0 Å². The van der Waals surface area contributed by atoms with Crippen LogP contribution in [0.1, 0.15) is 68.6 Å². The zero-order chi connectivity index (χ0) is 23.9. The molecule has 7 nitrogen and oxygen atoms in total. The maximum Gasteiger partial charge on any atom is 0.337 e. The summed E-state index contributed by atoms with van der Waals surface area (Å²) in [6.45, 7) is 5.84. The lowest BCUT2D eigenvalue weighted by Crippen LogP contribution is -2.44. The first-order valence-corrected chi connectivity index (χ1v) is 11.6. The number of benzene rings is 1. The van der Waals surface area contributed by atoms with Crippen LogP contribution in [0.2, 0.25) is 0 Å². The zero-order valence-corrected chi connectivity index (χ0v) is 20.1. The number of hydrogen-bond acceptors (Lipinski definition) is 4. The highest BCUT2D eigenvalue weighted by molar-refractivity contribution is 6.12. The van der Waals surface area contributed by atoms with Gasteiger partial charge in [0.1, 0.15) is 0 Å². The van der Waals surface area contributed by atoms with E-state index in [1.165, 1.54) is 0 Å². The average Bonchev–Trinajstić information content (AvgIpc) is 3.15. The fourth-order valence-electron chi connectivity index (χ4n) is 4.67. The van der Waals surface area contributed by atoms with Crippen molar-refractivity contribution in [1.82, 2.24) is 4.67 Å². The van der Waals surface area contributed by atoms with Crippen LogP contribution in [0.25, 0.3) is 6.08 Å². The molecule has 0 radical (unpaired) electrons. The molecular formula is C26H34N4O3+2. The Morgan fingerprint density at radius 3 is 2.58 bits per heavy atom. The number of aromatic nitrogens is 1. The quantitative estimate of drug-likeness (QED) is 0.366. The molecule has 2 aromatic rings. The zero-order valence-electron chi connectivity index (χ0n) is 20.1. The fraction of sp³-hybridized carbons (Fsp3) is 0.462. The summed E-state index contributed by atoms with van der Waals surface area (Å²) in [5, 5.41) is 25.7. The largest absolute Gasteiger partial charge is 0.390 e. The Hall–Kier alpha value is -3.15. The van der Waals surface area contributed by atoms with Crippen LogP contribution in [0, 0.1) is 5.92 Å². The smallest absolute Gasteiger partial charge is 0.337 e. The molecule has 1 saturated carbocycles. The maximum atomic E-state index is 13.1. The van der Waals surface area contributed by atoms with Crippen LogP contribution in [-0.4, -0.2) is 41.6 Å². The Balaban J connectivity index is 1.66. The molecule has 0 atom stereocenters. The van der Waals surface area contributed by atoms with Gasteiger partial charge in [0, 0.05) is 43.0 Å². The number of nitrogens with one attached hydrogen (secondary N) is 1. The van der Waals surface area contributed by atoms with E-state index in [1.807, 2.05) is 51.9 Å². The highest BCUT2D eigenvalue weighted by Gasteiger charge is 2.35. The molecule has 7 heteroatoms. The van der Waals surface area contributed by atoms with Crippen molar-refractivity contribution in [2.24, 2.45) is 5.92 Å². The highest BCUT2D eigenvalue weighted by atomic mass is 16.5. The third-order valence-electron chi connectivity index (χ3n) is 6.73. The molecular weight excluding hydrogens is 416 g/mol. The van der Waals surface area contributed by atoms with E-state index in [4.69, 9.17) is 4.67 Å². The molecule has 1 fully saturated rings. The maximum absolute atomic E-state index is 13.1. The first-order chi connectivity index (χ1) is 15.6. The van der Waals surface area contributed by atoms with Gasteiger partial charge in [-0.2, -0.15) is 0 Å². The molecule has 1 aromatic heterocycles. The molecule has 1 aliphatic carbocycles. The van der Waals surface area contributed by atoms with Gasteiger partial charge in [-0.05, 0) is 44.7 Å². The van der Waals surface area contributed by atoms with Crippen molar-refractivity contribution in [2.45, 2.75) is 58.0 Å². The first-order valence-electron chi connectivity index (χ1n) is 11.6. The number of amides is 1. The Kier molecular flexibility index (Phi) is 6.04. The summed E-state index contributed by atoms with van der Waals surface area (Å²) in [6, 6.07) is 9.13. The van der Waals surface area contributed by atoms with Gasteiger partial charge in [0.2, 0.25) is 5.69 Å². The molecule has 4 rings (SSSR count). The van der Waals surface area contributed by atoms with Gasteiger partial charge in [0.05, 0.1) is 34.2 Å². The number of carbonyl (C=O) groups excluding carboxylic acids is 1. The summed E-state index contributed by atoms with van der Waals surface area (Å²) >= 11 is 0. The minimum absolute atomic E-state index is 0.0775. The number of hydrogen-bond donors (Lipinski definition) is 3. The van der Waals surface area contributed by atoms with E-state index in [-0.39, 0.29) is 17.5 Å². The predicted octanol–water partition coefficient (Wildman–Crippen LogP) is 1.52. The van der Waals surface area contributed by atoms with Crippen molar-refractivity contribution in [3.63, 3.8) is 0 Å². The Morgan fingerprint density at radius 1 is 1.24 bits per heavy atom. The van der Waals surface area contributed by atoms with Crippen molar-refractivity contribution in [3.8, 4) is 0 Å². The van der Waals surface area contributed by atoms with Crippen LogP contribution in [-0.2, 0) is 0 Å². The summed E-state index contributed by atoms with van der Waals surface area (Å²) in [7, 11) is 3.85. The second kappa shape index (κ2) is 8.65. The lowest BCUT2D eigenvalue weighted by Gasteiger charge is -2.30. The summed E-state index contributed by atoms with van der Waals surface area (Å²) in [5.41, 5.74) is 2.83. The Labute approximate surface area is 194 Å². The molecule has 0 bridgehead atoms. The number of fused-ring (bicyclic) bond motifs is 1. The number of anilines is 2. The van der Waals surface area contributed by atoms with E-state index in [0.717, 1.165) is 52.4 Å². The van der Waals surface area contributed by atoms with Gasteiger partial charge in [-0.25, -0.2) is 0 Å². The number of aliphatic hydroxyl groups is 1. The minimum Gasteiger partial charge on any atom is -0.390 e. The van der Waals surface area contributed by atoms with Gasteiger partial charge in [-0.1, -0.05) is 18.5 Å². The molecule has 33 heavy (non-hydrogen) atoms. The van der Waals surface area contributed by atoms with E-state index in [1.54, 1.807) is 18.2 Å². The molecule has 1 aliphatic heterocycles. The van der Waals surface area contributed by atoms with Crippen LogP contribution in [0.15, 0.2) is 30.3 Å². The molecule has 1 aromatic carbocycles.